The molecule has 1 aromatic rings. The Hall–Kier alpha value is -2.80. The number of amidine groups is 1. The van der Waals surface area contributed by atoms with E-state index in [2.05, 4.69) is 10.5 Å². The lowest BCUT2D eigenvalue weighted by Crippen LogP contribution is -2.36. The number of hydrogen-bond donors (Lipinski definition) is 3. The molecule has 0 spiro atoms. The van der Waals surface area contributed by atoms with Gasteiger partial charge in [0, 0.05) is 18.8 Å². The van der Waals surface area contributed by atoms with E-state index < -0.39 is 23.3 Å². The lowest BCUT2D eigenvalue weighted by atomic mass is 10.1. The lowest BCUT2D eigenvalue weighted by molar-refractivity contribution is -0.137. The van der Waals surface area contributed by atoms with Crippen LogP contribution in [0.3, 0.4) is 0 Å². The largest absolute Gasteiger partial charge is 0.416 e. The predicted molar refractivity (Wildman–Crippen MR) is 83.1 cm³/mol. The van der Waals surface area contributed by atoms with Crippen molar-refractivity contribution in [1.29, 1.82) is 10.7 Å². The van der Waals surface area contributed by atoms with Crippen LogP contribution in [0.15, 0.2) is 23.3 Å². The normalized spacial score (nSPS) is 15.8. The van der Waals surface area contributed by atoms with Crippen molar-refractivity contribution in [3.63, 3.8) is 0 Å². The summed E-state index contributed by atoms with van der Waals surface area (Å²) < 4.78 is 44.5. The molecular formula is C14H15F3N6O. The van der Waals surface area contributed by atoms with Gasteiger partial charge in [0.25, 0.3) is 0 Å². The highest BCUT2D eigenvalue weighted by molar-refractivity contribution is 6.45. The molecule has 0 bridgehead atoms. The van der Waals surface area contributed by atoms with Crippen molar-refractivity contribution in [3.05, 3.63) is 23.8 Å². The van der Waals surface area contributed by atoms with Crippen LogP contribution < -0.4 is 16.1 Å². The van der Waals surface area contributed by atoms with Gasteiger partial charge in [-0.2, -0.15) is 23.5 Å². The fourth-order valence-corrected chi connectivity index (χ4v) is 2.11. The third-order valence-corrected chi connectivity index (χ3v) is 3.28. The molecule has 128 valence electrons. The maximum atomic E-state index is 13.1. The Morgan fingerprint density at radius 3 is 2.54 bits per heavy atom. The van der Waals surface area contributed by atoms with E-state index in [9.17, 15) is 13.2 Å². The van der Waals surface area contributed by atoms with E-state index >= 15 is 0 Å². The minimum Gasteiger partial charge on any atom is -0.382 e. The van der Waals surface area contributed by atoms with Crippen molar-refractivity contribution in [3.8, 4) is 6.07 Å². The van der Waals surface area contributed by atoms with E-state index in [-0.39, 0.29) is 5.69 Å². The minimum absolute atomic E-state index is 0.0420. The van der Waals surface area contributed by atoms with Gasteiger partial charge >= 0.3 is 6.18 Å². The average Bonchev–Trinajstić information content (AvgIpc) is 2.55. The Labute approximate surface area is 136 Å². The van der Waals surface area contributed by atoms with Gasteiger partial charge in [-0.1, -0.05) is 0 Å². The molecule has 1 saturated heterocycles. The summed E-state index contributed by atoms with van der Waals surface area (Å²) in [5, 5.41) is 19.5. The topological polar surface area (TPSA) is 111 Å². The molecule has 2 rings (SSSR count). The number of alkyl halides is 3. The molecule has 0 saturated carbocycles. The lowest BCUT2D eigenvalue weighted by Gasteiger charge is -2.29. The first-order valence-corrected chi connectivity index (χ1v) is 6.94. The van der Waals surface area contributed by atoms with Crippen molar-refractivity contribution in [1.82, 2.24) is 0 Å². The van der Waals surface area contributed by atoms with Gasteiger partial charge in [0.05, 0.1) is 24.5 Å². The first-order chi connectivity index (χ1) is 11.3. The van der Waals surface area contributed by atoms with Gasteiger partial charge in [-0.3, -0.25) is 10.8 Å². The van der Waals surface area contributed by atoms with Gasteiger partial charge in [0.15, 0.2) is 5.84 Å². The van der Waals surface area contributed by atoms with Crippen LogP contribution in [-0.2, 0) is 10.9 Å². The maximum Gasteiger partial charge on any atom is 0.416 e. The fourth-order valence-electron chi connectivity index (χ4n) is 2.11. The Morgan fingerprint density at radius 2 is 2.00 bits per heavy atom. The van der Waals surface area contributed by atoms with Crippen molar-refractivity contribution >= 4 is 22.9 Å². The zero-order valence-corrected chi connectivity index (χ0v) is 12.5. The van der Waals surface area contributed by atoms with Gasteiger partial charge in [-0.25, -0.2) is 0 Å². The van der Waals surface area contributed by atoms with E-state index in [0.717, 1.165) is 12.1 Å². The summed E-state index contributed by atoms with van der Waals surface area (Å²) in [6.45, 7) is 1.81. The summed E-state index contributed by atoms with van der Waals surface area (Å²) in [6.07, 6.45) is -4.53. The van der Waals surface area contributed by atoms with Crippen molar-refractivity contribution < 1.29 is 17.9 Å². The second-order valence-corrected chi connectivity index (χ2v) is 4.96. The number of hydrogen-bond acceptors (Lipinski definition) is 6. The number of hydrazone groups is 1. The first-order valence-electron chi connectivity index (χ1n) is 6.94. The van der Waals surface area contributed by atoms with Crippen molar-refractivity contribution in [2.45, 2.75) is 6.18 Å². The van der Waals surface area contributed by atoms with E-state index in [1.165, 1.54) is 6.07 Å². The number of nitriles is 1. The third kappa shape index (κ3) is 4.36. The maximum absolute atomic E-state index is 13.1. The number of morpholine rings is 1. The van der Waals surface area contributed by atoms with E-state index in [0.29, 0.717) is 32.0 Å². The van der Waals surface area contributed by atoms with Gasteiger partial charge in [-0.05, 0) is 18.2 Å². The van der Waals surface area contributed by atoms with Crippen LogP contribution in [-0.4, -0.2) is 37.9 Å². The monoisotopic (exact) mass is 340 g/mol. The summed E-state index contributed by atoms with van der Waals surface area (Å²) in [5.74, 6) is -0.578. The van der Waals surface area contributed by atoms with Crippen LogP contribution in [0.25, 0.3) is 0 Å². The Morgan fingerprint density at radius 1 is 1.33 bits per heavy atom. The fraction of sp³-hybridized carbons (Fsp3) is 0.357. The first kappa shape index (κ1) is 17.6. The Kier molecular flexibility index (Phi) is 5.25. The van der Waals surface area contributed by atoms with Gasteiger partial charge in [-0.15, -0.1) is 0 Å². The molecule has 24 heavy (non-hydrogen) atoms. The van der Waals surface area contributed by atoms with E-state index in [1.807, 2.05) is 0 Å². The summed E-state index contributed by atoms with van der Waals surface area (Å²) in [7, 11) is 0. The Balaban J connectivity index is 2.36. The van der Waals surface area contributed by atoms with Crippen LogP contribution in [0.2, 0.25) is 0 Å². The van der Waals surface area contributed by atoms with Gasteiger partial charge in [0.2, 0.25) is 5.71 Å². The second-order valence-electron chi connectivity index (χ2n) is 4.96. The minimum atomic E-state index is -4.53. The smallest absolute Gasteiger partial charge is 0.382 e. The molecule has 1 aromatic carbocycles. The molecule has 1 fully saturated rings. The zero-order chi connectivity index (χ0) is 17.7. The number of ether oxygens (including phenoxy) is 1. The molecule has 0 unspecified atom stereocenters. The van der Waals surface area contributed by atoms with Crippen molar-refractivity contribution in [2.75, 3.05) is 36.6 Å². The number of anilines is 2. The summed E-state index contributed by atoms with van der Waals surface area (Å²) in [4.78, 5) is 1.77. The molecule has 1 heterocycles. The quantitative estimate of drug-likeness (QED) is 0.439. The highest BCUT2D eigenvalue weighted by Gasteiger charge is 2.32. The third-order valence-electron chi connectivity index (χ3n) is 3.28. The van der Waals surface area contributed by atoms with Crippen molar-refractivity contribution in [2.24, 2.45) is 10.8 Å². The molecule has 0 aliphatic carbocycles. The van der Waals surface area contributed by atoms with E-state index in [1.54, 1.807) is 11.0 Å². The molecule has 0 aromatic heterocycles. The highest BCUT2D eigenvalue weighted by atomic mass is 19.4. The summed E-state index contributed by atoms with van der Waals surface area (Å²) >= 11 is 0. The molecule has 1 aliphatic rings. The SMILES string of the molecule is N#C/C(=N\Nc1cc(N2CCOCC2)cc(C(F)(F)F)c1)C(=N)N. The number of nitrogens with one attached hydrogen (secondary N) is 2. The predicted octanol–water partition coefficient (Wildman–Crippen LogP) is 1.77. The summed E-state index contributed by atoms with van der Waals surface area (Å²) in [6, 6.07) is 5.00. The van der Waals surface area contributed by atoms with Gasteiger partial charge in [0.1, 0.15) is 6.07 Å². The molecule has 10 heteroatoms. The molecule has 0 radical (unpaired) electrons. The Bertz CT molecular complexity index is 689. The molecule has 4 N–H and O–H groups in total. The standard InChI is InChI=1S/C14H15F3N6O/c15-14(16,17)9-5-10(21-22-12(8-18)13(19)20)7-11(6-9)23-1-3-24-4-2-23/h5-7,21H,1-4H2,(H3,19,20)/b22-12+. The zero-order valence-electron chi connectivity index (χ0n) is 12.5. The number of nitrogens with zero attached hydrogens (tertiary/aromatic N) is 3. The molecular weight excluding hydrogens is 325 g/mol. The van der Waals surface area contributed by atoms with E-state index in [4.69, 9.17) is 21.1 Å². The summed E-state index contributed by atoms with van der Waals surface area (Å²) in [5.41, 5.74) is 6.65. The number of benzene rings is 1. The van der Waals surface area contributed by atoms with Crippen LogP contribution >= 0.6 is 0 Å². The number of halogens is 3. The average molecular weight is 340 g/mol. The second kappa shape index (κ2) is 7.18. The molecule has 7 nitrogen and oxygen atoms in total. The highest BCUT2D eigenvalue weighted by Crippen LogP contribution is 2.34. The van der Waals surface area contributed by atoms with Crippen LogP contribution in [0.4, 0.5) is 24.5 Å². The van der Waals surface area contributed by atoms with Crippen LogP contribution in [0.5, 0.6) is 0 Å². The number of nitrogens with two attached hydrogens (primary N) is 1. The van der Waals surface area contributed by atoms with Crippen LogP contribution in [0, 0.1) is 16.7 Å². The van der Waals surface area contributed by atoms with Crippen LogP contribution in [0.1, 0.15) is 5.56 Å². The number of rotatable bonds is 4. The molecule has 0 atom stereocenters. The molecule has 1 aliphatic heterocycles. The van der Waals surface area contributed by atoms with Gasteiger partial charge < -0.3 is 15.4 Å². The molecule has 0 amide bonds.